The highest BCUT2D eigenvalue weighted by atomic mass is 16.4. The van der Waals surface area contributed by atoms with Gasteiger partial charge in [-0.05, 0) is 50.6 Å². The zero-order valence-electron chi connectivity index (χ0n) is 19.8. The maximum absolute atomic E-state index is 13.1. The number of nitrogens with one attached hydrogen (secondary N) is 2. The van der Waals surface area contributed by atoms with Crippen LogP contribution in [0, 0.1) is 0 Å². The van der Waals surface area contributed by atoms with E-state index in [2.05, 4.69) is 37.3 Å². The van der Waals surface area contributed by atoms with Crippen LogP contribution in [0.2, 0.25) is 0 Å². The van der Waals surface area contributed by atoms with E-state index in [0.29, 0.717) is 28.7 Å². The van der Waals surface area contributed by atoms with Gasteiger partial charge in [0.1, 0.15) is 11.2 Å². The quantitative estimate of drug-likeness (QED) is 0.449. The Morgan fingerprint density at radius 1 is 0.971 bits per heavy atom. The van der Waals surface area contributed by atoms with Gasteiger partial charge in [0.25, 0.3) is 11.9 Å². The standard InChI is InChI=1S/C25H29N7O3/c1-30-11-13-32(14-12-30)25-28-19-15-20(31-9-3-2-4-10-31)18(16-23(19)35-25)27-24(33)22-6-5-21(34-22)17-7-8-26-29-17/h5-8,15-16H,2-4,9-14H2,1H3,(H,26,29)(H,27,33). The average Bonchev–Trinajstić information content (AvgIpc) is 3.65. The summed E-state index contributed by atoms with van der Waals surface area (Å²) in [7, 11) is 2.13. The molecule has 2 N–H and O–H groups in total. The molecule has 0 radical (unpaired) electrons. The van der Waals surface area contributed by atoms with Gasteiger partial charge in [-0.3, -0.25) is 9.89 Å². The van der Waals surface area contributed by atoms with Gasteiger partial charge >= 0.3 is 0 Å². The number of hydrogen-bond acceptors (Lipinski definition) is 8. The summed E-state index contributed by atoms with van der Waals surface area (Å²) < 4.78 is 11.9. The Labute approximate surface area is 202 Å². The van der Waals surface area contributed by atoms with Crippen molar-refractivity contribution in [3.05, 3.63) is 42.3 Å². The molecule has 0 unspecified atom stereocenters. The highest BCUT2D eigenvalue weighted by Gasteiger charge is 2.23. The summed E-state index contributed by atoms with van der Waals surface area (Å²) in [6.07, 6.45) is 5.19. The molecular weight excluding hydrogens is 446 g/mol. The summed E-state index contributed by atoms with van der Waals surface area (Å²) in [5.41, 5.74) is 3.77. The first-order valence-electron chi connectivity index (χ1n) is 12.2. The van der Waals surface area contributed by atoms with Gasteiger partial charge < -0.3 is 28.9 Å². The largest absolute Gasteiger partial charge is 0.449 e. The summed E-state index contributed by atoms with van der Waals surface area (Å²) in [5.74, 6) is 0.446. The summed E-state index contributed by atoms with van der Waals surface area (Å²) in [6.45, 7) is 5.60. The molecule has 2 aliphatic rings. The first-order chi connectivity index (χ1) is 17.1. The van der Waals surface area contributed by atoms with E-state index in [0.717, 1.165) is 63.3 Å². The fourth-order valence-electron chi connectivity index (χ4n) is 4.76. The van der Waals surface area contributed by atoms with Gasteiger partial charge in [0.05, 0.1) is 11.4 Å². The molecule has 0 bridgehead atoms. The maximum atomic E-state index is 13.1. The third-order valence-corrected chi connectivity index (χ3v) is 6.80. The fourth-order valence-corrected chi connectivity index (χ4v) is 4.76. The Kier molecular flexibility index (Phi) is 5.65. The summed E-state index contributed by atoms with van der Waals surface area (Å²) >= 11 is 0. The number of anilines is 3. The fraction of sp³-hybridized carbons (Fsp3) is 0.400. The number of fused-ring (bicyclic) bond motifs is 1. The van der Waals surface area contributed by atoms with E-state index >= 15 is 0 Å². The molecule has 182 valence electrons. The molecule has 2 fully saturated rings. The summed E-state index contributed by atoms with van der Waals surface area (Å²) in [4.78, 5) is 24.7. The van der Waals surface area contributed by atoms with Crippen LogP contribution in [0.1, 0.15) is 29.8 Å². The molecule has 0 saturated carbocycles. The van der Waals surface area contributed by atoms with E-state index in [9.17, 15) is 4.79 Å². The zero-order valence-corrected chi connectivity index (χ0v) is 19.8. The molecule has 6 rings (SSSR count). The van der Waals surface area contributed by atoms with Gasteiger partial charge in [0, 0.05) is 51.5 Å². The number of carbonyl (C=O) groups is 1. The number of H-pyrrole nitrogens is 1. The molecule has 10 nitrogen and oxygen atoms in total. The number of furan rings is 1. The number of rotatable bonds is 5. The van der Waals surface area contributed by atoms with Crippen LogP contribution in [-0.4, -0.2) is 72.3 Å². The molecule has 4 aromatic rings. The van der Waals surface area contributed by atoms with Crippen LogP contribution in [0.15, 0.2) is 45.4 Å². The zero-order chi connectivity index (χ0) is 23.8. The predicted octanol–water partition coefficient (Wildman–Crippen LogP) is 3.81. The first kappa shape index (κ1) is 21.7. The molecule has 2 saturated heterocycles. The van der Waals surface area contributed by atoms with Gasteiger partial charge in [-0.2, -0.15) is 10.1 Å². The third-order valence-electron chi connectivity index (χ3n) is 6.80. The van der Waals surface area contributed by atoms with Crippen LogP contribution in [0.25, 0.3) is 22.6 Å². The van der Waals surface area contributed by atoms with Gasteiger partial charge in [0.15, 0.2) is 17.1 Å². The molecule has 1 amide bonds. The molecule has 0 atom stereocenters. The molecule has 5 heterocycles. The molecule has 35 heavy (non-hydrogen) atoms. The molecule has 10 heteroatoms. The average molecular weight is 476 g/mol. The summed E-state index contributed by atoms with van der Waals surface area (Å²) in [6, 6.07) is 9.77. The van der Waals surface area contributed by atoms with Crippen LogP contribution in [-0.2, 0) is 0 Å². The SMILES string of the molecule is CN1CCN(c2nc3cc(N4CCCCC4)c(NC(=O)c4ccc(-c5cc[nH]n5)o4)cc3o2)CC1. The third kappa shape index (κ3) is 4.37. The second-order valence-corrected chi connectivity index (χ2v) is 9.25. The summed E-state index contributed by atoms with van der Waals surface area (Å²) in [5, 5.41) is 9.93. The number of carbonyl (C=O) groups excluding carboxylic acids is 1. The van der Waals surface area contributed by atoms with E-state index in [1.165, 1.54) is 6.42 Å². The molecule has 1 aromatic carbocycles. The van der Waals surface area contributed by atoms with Crippen molar-refractivity contribution in [3.8, 4) is 11.5 Å². The van der Waals surface area contributed by atoms with Crippen LogP contribution in [0.3, 0.4) is 0 Å². The Bertz CT molecular complexity index is 1310. The predicted molar refractivity (Wildman–Crippen MR) is 134 cm³/mol. The van der Waals surface area contributed by atoms with Crippen LogP contribution >= 0.6 is 0 Å². The maximum Gasteiger partial charge on any atom is 0.298 e. The molecule has 2 aliphatic heterocycles. The van der Waals surface area contributed by atoms with Crippen molar-refractivity contribution in [2.45, 2.75) is 19.3 Å². The van der Waals surface area contributed by atoms with E-state index < -0.39 is 0 Å². The van der Waals surface area contributed by atoms with Crippen LogP contribution < -0.4 is 15.1 Å². The van der Waals surface area contributed by atoms with Gasteiger partial charge in [0.2, 0.25) is 0 Å². The number of amides is 1. The monoisotopic (exact) mass is 475 g/mol. The van der Waals surface area contributed by atoms with E-state index in [-0.39, 0.29) is 11.7 Å². The lowest BCUT2D eigenvalue weighted by molar-refractivity contribution is 0.0997. The second-order valence-electron chi connectivity index (χ2n) is 9.25. The Hall–Kier alpha value is -3.79. The Balaban J connectivity index is 1.31. The highest BCUT2D eigenvalue weighted by Crippen LogP contribution is 2.35. The number of hydrogen-bond donors (Lipinski definition) is 2. The van der Waals surface area contributed by atoms with Crippen LogP contribution in [0.5, 0.6) is 0 Å². The first-order valence-corrected chi connectivity index (χ1v) is 12.2. The van der Waals surface area contributed by atoms with E-state index in [1.807, 2.05) is 12.1 Å². The highest BCUT2D eigenvalue weighted by molar-refractivity contribution is 6.06. The van der Waals surface area contributed by atoms with E-state index in [1.54, 1.807) is 24.4 Å². The van der Waals surface area contributed by atoms with Crippen molar-refractivity contribution in [3.63, 3.8) is 0 Å². The normalized spacial score (nSPS) is 17.3. The molecule has 0 spiro atoms. The number of piperidine rings is 1. The lowest BCUT2D eigenvalue weighted by Gasteiger charge is -2.31. The minimum Gasteiger partial charge on any atom is -0.449 e. The molecule has 3 aromatic heterocycles. The molecule has 0 aliphatic carbocycles. The number of nitrogens with zero attached hydrogens (tertiary/aromatic N) is 5. The molecular formula is C25H29N7O3. The smallest absolute Gasteiger partial charge is 0.298 e. The lowest BCUT2D eigenvalue weighted by Crippen LogP contribution is -2.44. The Morgan fingerprint density at radius 2 is 1.80 bits per heavy atom. The van der Waals surface area contributed by atoms with E-state index in [4.69, 9.17) is 13.8 Å². The number of aromatic amines is 1. The minimum atomic E-state index is -0.316. The van der Waals surface area contributed by atoms with Crippen molar-refractivity contribution in [2.24, 2.45) is 0 Å². The number of oxazole rings is 1. The van der Waals surface area contributed by atoms with Gasteiger partial charge in [-0.25, -0.2) is 0 Å². The van der Waals surface area contributed by atoms with Crippen molar-refractivity contribution in [1.29, 1.82) is 0 Å². The number of piperazine rings is 1. The number of aromatic nitrogens is 3. The Morgan fingerprint density at radius 3 is 2.57 bits per heavy atom. The van der Waals surface area contributed by atoms with Crippen molar-refractivity contribution < 1.29 is 13.6 Å². The number of benzene rings is 1. The topological polar surface area (TPSA) is 107 Å². The van der Waals surface area contributed by atoms with Gasteiger partial charge in [-0.15, -0.1) is 0 Å². The van der Waals surface area contributed by atoms with Crippen molar-refractivity contribution >= 4 is 34.4 Å². The second kappa shape index (κ2) is 9.10. The minimum absolute atomic E-state index is 0.225. The number of likely N-dealkylation sites (N-methyl/N-ethyl adjacent to an activating group) is 1. The van der Waals surface area contributed by atoms with Crippen molar-refractivity contribution in [2.75, 3.05) is 61.4 Å². The van der Waals surface area contributed by atoms with Gasteiger partial charge in [-0.1, -0.05) is 0 Å². The van der Waals surface area contributed by atoms with Crippen LogP contribution in [0.4, 0.5) is 17.4 Å². The van der Waals surface area contributed by atoms with Crippen molar-refractivity contribution in [1.82, 2.24) is 20.1 Å². The lowest BCUT2D eigenvalue weighted by atomic mass is 10.1.